The van der Waals surface area contributed by atoms with Crippen LogP contribution in [0.1, 0.15) is 12.8 Å². The summed E-state index contributed by atoms with van der Waals surface area (Å²) in [5, 5.41) is 10.2. The monoisotopic (exact) mass is 174 g/mol. The highest BCUT2D eigenvalue weighted by atomic mass is 16.4. The fourth-order valence-corrected chi connectivity index (χ4v) is 0.548. The minimum absolute atomic E-state index is 0.0228. The second-order valence-corrected chi connectivity index (χ2v) is 2.17. The molecule has 0 rings (SSSR count). The van der Waals surface area contributed by atoms with E-state index in [0.29, 0.717) is 0 Å². The van der Waals surface area contributed by atoms with Crippen molar-refractivity contribution >= 4 is 18.3 Å². The first-order chi connectivity index (χ1) is 5.57. The van der Waals surface area contributed by atoms with Gasteiger partial charge in [0.1, 0.15) is 6.04 Å². The van der Waals surface area contributed by atoms with Gasteiger partial charge in [-0.3, -0.25) is 19.7 Å². The van der Waals surface area contributed by atoms with Gasteiger partial charge in [-0.2, -0.15) is 0 Å². The van der Waals surface area contributed by atoms with E-state index in [1.807, 2.05) is 5.32 Å². The first kappa shape index (κ1) is 10.6. The van der Waals surface area contributed by atoms with Crippen LogP contribution in [0.15, 0.2) is 0 Å². The Morgan fingerprint density at radius 2 is 2.17 bits per heavy atom. The number of hydrogen-bond donors (Lipinski definition) is 3. The number of hydrogen-bond acceptors (Lipinski definition) is 4. The summed E-state index contributed by atoms with van der Waals surface area (Å²) in [7, 11) is 0. The van der Waals surface area contributed by atoms with E-state index in [-0.39, 0.29) is 19.3 Å². The second kappa shape index (κ2) is 5.25. The van der Waals surface area contributed by atoms with Crippen LogP contribution in [-0.4, -0.2) is 29.4 Å². The summed E-state index contributed by atoms with van der Waals surface area (Å²) in [6, 6.07) is -1.05. The van der Waals surface area contributed by atoms with Crippen molar-refractivity contribution in [2.24, 2.45) is 5.73 Å². The Morgan fingerprint density at radius 1 is 1.58 bits per heavy atom. The quantitative estimate of drug-likeness (QED) is 0.437. The molecule has 0 aromatic heterocycles. The Labute approximate surface area is 68.7 Å². The lowest BCUT2D eigenvalue weighted by Gasteiger charge is -2.03. The molecule has 0 unspecified atom stereocenters. The normalized spacial score (nSPS) is 11.8. The molecular formula is C6H10N2O4. The largest absolute Gasteiger partial charge is 0.480 e. The van der Waals surface area contributed by atoms with E-state index in [1.54, 1.807) is 0 Å². The first-order valence-corrected chi connectivity index (χ1v) is 3.29. The van der Waals surface area contributed by atoms with Crippen molar-refractivity contribution in [3.8, 4) is 0 Å². The van der Waals surface area contributed by atoms with E-state index in [4.69, 9.17) is 10.8 Å². The van der Waals surface area contributed by atoms with E-state index < -0.39 is 17.9 Å². The summed E-state index contributed by atoms with van der Waals surface area (Å²) < 4.78 is 0. The molecule has 1 atom stereocenters. The predicted molar refractivity (Wildman–Crippen MR) is 39.1 cm³/mol. The van der Waals surface area contributed by atoms with E-state index in [2.05, 4.69) is 0 Å². The zero-order chi connectivity index (χ0) is 9.56. The van der Waals surface area contributed by atoms with Crippen molar-refractivity contribution < 1.29 is 19.5 Å². The van der Waals surface area contributed by atoms with Gasteiger partial charge in [0, 0.05) is 6.42 Å². The topological polar surface area (TPSA) is 109 Å². The Hall–Kier alpha value is -1.43. The highest BCUT2D eigenvalue weighted by Crippen LogP contribution is 1.93. The van der Waals surface area contributed by atoms with Gasteiger partial charge in [-0.25, -0.2) is 0 Å². The number of imide groups is 1. The van der Waals surface area contributed by atoms with Crippen LogP contribution in [0.5, 0.6) is 0 Å². The Balaban J connectivity index is 3.60. The number of carboxylic acid groups (broad SMARTS) is 1. The molecule has 68 valence electrons. The molecule has 6 heteroatoms. The molecule has 0 saturated heterocycles. The maximum atomic E-state index is 10.6. The van der Waals surface area contributed by atoms with Crippen LogP contribution in [0.4, 0.5) is 0 Å². The standard InChI is InChI=1S/C6H10N2O4/c7-4(6(11)12)1-2-5(10)8-3-9/h3-4H,1-2,7H2,(H,11,12)(H,8,9,10)/t4-/m0/s1. The molecule has 0 aromatic rings. The maximum absolute atomic E-state index is 10.6. The summed E-state index contributed by atoms with van der Waals surface area (Å²) >= 11 is 0. The number of nitrogens with one attached hydrogen (secondary N) is 1. The lowest BCUT2D eigenvalue weighted by Crippen LogP contribution is -2.32. The van der Waals surface area contributed by atoms with Crippen LogP contribution in [0.3, 0.4) is 0 Å². The Morgan fingerprint density at radius 3 is 2.58 bits per heavy atom. The van der Waals surface area contributed by atoms with Crippen molar-refractivity contribution in [3.63, 3.8) is 0 Å². The van der Waals surface area contributed by atoms with Crippen molar-refractivity contribution in [2.45, 2.75) is 18.9 Å². The first-order valence-electron chi connectivity index (χ1n) is 3.29. The smallest absolute Gasteiger partial charge is 0.320 e. The summed E-state index contributed by atoms with van der Waals surface area (Å²) in [6.45, 7) is 0. The van der Waals surface area contributed by atoms with Crippen LogP contribution in [0.2, 0.25) is 0 Å². The lowest BCUT2D eigenvalue weighted by molar-refractivity contribution is -0.138. The van der Waals surface area contributed by atoms with Crippen molar-refractivity contribution in [3.05, 3.63) is 0 Å². The third-order valence-electron chi connectivity index (χ3n) is 1.22. The molecule has 2 amide bonds. The van der Waals surface area contributed by atoms with Gasteiger partial charge in [-0.05, 0) is 6.42 Å². The maximum Gasteiger partial charge on any atom is 0.320 e. The van der Waals surface area contributed by atoms with Gasteiger partial charge in [0.05, 0.1) is 0 Å². The van der Waals surface area contributed by atoms with Crippen LogP contribution < -0.4 is 11.1 Å². The van der Waals surface area contributed by atoms with E-state index in [0.717, 1.165) is 0 Å². The molecule has 0 fully saturated rings. The second-order valence-electron chi connectivity index (χ2n) is 2.17. The fourth-order valence-electron chi connectivity index (χ4n) is 0.548. The van der Waals surface area contributed by atoms with Crippen molar-refractivity contribution in [1.82, 2.24) is 5.32 Å². The summed E-state index contributed by atoms with van der Waals surface area (Å²) in [5.41, 5.74) is 5.09. The average molecular weight is 174 g/mol. The highest BCUT2D eigenvalue weighted by Gasteiger charge is 2.12. The number of carbonyl (C=O) groups excluding carboxylic acids is 2. The highest BCUT2D eigenvalue weighted by molar-refractivity contribution is 5.86. The molecule has 12 heavy (non-hydrogen) atoms. The molecule has 0 spiro atoms. The lowest BCUT2D eigenvalue weighted by atomic mass is 10.1. The van der Waals surface area contributed by atoms with Crippen molar-refractivity contribution in [1.29, 1.82) is 0 Å². The zero-order valence-corrected chi connectivity index (χ0v) is 6.32. The molecule has 0 aliphatic carbocycles. The zero-order valence-electron chi connectivity index (χ0n) is 6.32. The molecule has 0 radical (unpaired) electrons. The number of carboxylic acids is 1. The average Bonchev–Trinajstić information content (AvgIpc) is 2.00. The number of carbonyl (C=O) groups is 3. The Bertz CT molecular complexity index is 192. The Kier molecular flexibility index (Phi) is 4.62. The predicted octanol–water partition coefficient (Wildman–Crippen LogP) is -1.55. The molecule has 0 aliphatic rings. The SMILES string of the molecule is N[C@@H](CCC(=O)NC=O)C(=O)O. The molecule has 0 aliphatic heterocycles. The van der Waals surface area contributed by atoms with E-state index >= 15 is 0 Å². The molecule has 0 heterocycles. The summed E-state index contributed by atoms with van der Waals surface area (Å²) in [6.07, 6.45) is 0.204. The number of rotatable bonds is 5. The molecule has 6 nitrogen and oxygen atoms in total. The van der Waals surface area contributed by atoms with Crippen LogP contribution in [-0.2, 0) is 14.4 Å². The van der Waals surface area contributed by atoms with Crippen LogP contribution >= 0.6 is 0 Å². The number of aliphatic carboxylic acids is 1. The summed E-state index contributed by atoms with van der Waals surface area (Å²) in [5.74, 6) is -1.68. The van der Waals surface area contributed by atoms with Crippen molar-refractivity contribution in [2.75, 3.05) is 0 Å². The van der Waals surface area contributed by atoms with E-state index in [9.17, 15) is 14.4 Å². The van der Waals surface area contributed by atoms with Gasteiger partial charge in [0.25, 0.3) is 0 Å². The van der Waals surface area contributed by atoms with Gasteiger partial charge >= 0.3 is 5.97 Å². The molecule has 0 aromatic carbocycles. The van der Waals surface area contributed by atoms with Gasteiger partial charge in [0.15, 0.2) is 0 Å². The van der Waals surface area contributed by atoms with Gasteiger partial charge in [-0.1, -0.05) is 0 Å². The number of nitrogens with two attached hydrogens (primary N) is 1. The van der Waals surface area contributed by atoms with Crippen LogP contribution in [0.25, 0.3) is 0 Å². The van der Waals surface area contributed by atoms with E-state index in [1.165, 1.54) is 0 Å². The van der Waals surface area contributed by atoms with Gasteiger partial charge in [0.2, 0.25) is 12.3 Å². The minimum Gasteiger partial charge on any atom is -0.480 e. The minimum atomic E-state index is -1.16. The summed E-state index contributed by atoms with van der Waals surface area (Å²) in [4.78, 5) is 30.4. The third-order valence-corrected chi connectivity index (χ3v) is 1.22. The molecule has 0 bridgehead atoms. The van der Waals surface area contributed by atoms with Gasteiger partial charge in [-0.15, -0.1) is 0 Å². The third kappa shape index (κ3) is 4.40. The number of amides is 2. The van der Waals surface area contributed by atoms with Gasteiger partial charge < -0.3 is 10.8 Å². The molecule has 0 saturated carbocycles. The fraction of sp³-hybridized carbons (Fsp3) is 0.500. The molecular weight excluding hydrogens is 164 g/mol. The molecule has 4 N–H and O–H groups in total. The van der Waals surface area contributed by atoms with Crippen LogP contribution in [0, 0.1) is 0 Å².